The Hall–Kier alpha value is -5.38. The number of fused-ring (bicyclic) bond motifs is 7. The molecule has 0 aliphatic heterocycles. The van der Waals surface area contributed by atoms with Gasteiger partial charge in [-0.25, -0.2) is 9.97 Å². The molecule has 3 aromatic heterocycles. The minimum Gasteiger partial charge on any atom is -0.245 e. The van der Waals surface area contributed by atoms with Crippen molar-refractivity contribution in [2.24, 2.45) is 0 Å². The second-order valence-corrected chi connectivity index (χ2v) is 12.0. The smallest absolute Gasteiger partial charge is 0.0972 e. The third-order valence-corrected chi connectivity index (χ3v) is 9.68. The topological polar surface area (TPSA) is 25.8 Å². The first-order valence-corrected chi connectivity index (χ1v) is 15.3. The van der Waals surface area contributed by atoms with Gasteiger partial charge in [0.15, 0.2) is 0 Å². The summed E-state index contributed by atoms with van der Waals surface area (Å²) in [6.07, 6.45) is 0. The van der Waals surface area contributed by atoms with Crippen LogP contribution in [-0.4, -0.2) is 9.97 Å². The summed E-state index contributed by atoms with van der Waals surface area (Å²) in [4.78, 5) is 10.5. The zero-order valence-electron chi connectivity index (χ0n) is 23.2. The molecule has 0 N–H and O–H groups in total. The van der Waals surface area contributed by atoms with Gasteiger partial charge in [-0.3, -0.25) is 0 Å². The molecule has 0 saturated carbocycles. The maximum absolute atomic E-state index is 5.31. The van der Waals surface area contributed by atoms with E-state index in [-0.39, 0.29) is 0 Å². The Labute approximate surface area is 252 Å². The van der Waals surface area contributed by atoms with E-state index in [2.05, 4.69) is 146 Å². The highest BCUT2D eigenvalue weighted by Crippen LogP contribution is 2.42. The normalized spacial score (nSPS) is 11.7. The number of nitrogens with zero attached hydrogens (tertiary/aromatic N) is 2. The first-order valence-electron chi connectivity index (χ1n) is 14.5. The summed E-state index contributed by atoms with van der Waals surface area (Å²) >= 11 is 1.86. The Morgan fingerprint density at radius 1 is 0.395 bits per heavy atom. The zero-order valence-corrected chi connectivity index (χ0v) is 24.0. The summed E-state index contributed by atoms with van der Waals surface area (Å²) in [5.41, 5.74) is 8.41. The largest absolute Gasteiger partial charge is 0.245 e. The molecule has 0 bridgehead atoms. The molecule has 6 aromatic carbocycles. The number of rotatable bonds is 3. The summed E-state index contributed by atoms with van der Waals surface area (Å²) in [5.74, 6) is 0. The average molecular weight is 565 g/mol. The second-order valence-electron chi connectivity index (χ2n) is 11.0. The lowest BCUT2D eigenvalue weighted by Crippen LogP contribution is -1.92. The molecule has 0 aliphatic rings. The van der Waals surface area contributed by atoms with E-state index in [1.54, 1.807) is 0 Å². The molecular weight excluding hydrogens is 541 g/mol. The lowest BCUT2D eigenvalue weighted by Gasteiger charge is -2.12. The molecular formula is C40H24N2S. The van der Waals surface area contributed by atoms with Gasteiger partial charge in [-0.1, -0.05) is 121 Å². The molecule has 200 valence electrons. The van der Waals surface area contributed by atoms with Crippen molar-refractivity contribution in [1.29, 1.82) is 0 Å². The molecule has 0 saturated heterocycles. The number of thiophene rings is 1. The minimum atomic E-state index is 0.924. The molecule has 2 nitrogen and oxygen atoms in total. The fraction of sp³-hybridized carbons (Fsp3) is 0. The van der Waals surface area contributed by atoms with Gasteiger partial charge in [-0.05, 0) is 40.6 Å². The van der Waals surface area contributed by atoms with Crippen LogP contribution in [0.15, 0.2) is 146 Å². The molecule has 3 heterocycles. The van der Waals surface area contributed by atoms with Gasteiger partial charge in [0.1, 0.15) is 0 Å². The van der Waals surface area contributed by atoms with Crippen molar-refractivity contribution in [2.75, 3.05) is 0 Å². The fourth-order valence-electron chi connectivity index (χ4n) is 6.33. The van der Waals surface area contributed by atoms with Crippen molar-refractivity contribution < 1.29 is 0 Å². The summed E-state index contributed by atoms with van der Waals surface area (Å²) in [5, 5.41) is 7.23. The van der Waals surface area contributed by atoms with Crippen LogP contribution in [-0.2, 0) is 0 Å². The first-order chi connectivity index (χ1) is 21.3. The summed E-state index contributed by atoms with van der Waals surface area (Å²) in [6, 6.07) is 51.9. The number of aromatic nitrogens is 2. The van der Waals surface area contributed by atoms with Crippen LogP contribution in [0, 0.1) is 0 Å². The van der Waals surface area contributed by atoms with Crippen LogP contribution in [0.5, 0.6) is 0 Å². The van der Waals surface area contributed by atoms with E-state index in [1.165, 1.54) is 42.1 Å². The van der Waals surface area contributed by atoms with Gasteiger partial charge in [0, 0.05) is 47.6 Å². The molecule has 0 aliphatic carbocycles. The van der Waals surface area contributed by atoms with Crippen molar-refractivity contribution in [2.45, 2.75) is 0 Å². The van der Waals surface area contributed by atoms with Crippen LogP contribution in [0.1, 0.15) is 0 Å². The lowest BCUT2D eigenvalue weighted by atomic mass is 9.95. The molecule has 0 atom stereocenters. The molecule has 43 heavy (non-hydrogen) atoms. The number of benzene rings is 6. The van der Waals surface area contributed by atoms with Gasteiger partial charge in [0.2, 0.25) is 0 Å². The van der Waals surface area contributed by atoms with Gasteiger partial charge in [-0.2, -0.15) is 0 Å². The third-order valence-electron chi connectivity index (χ3n) is 8.46. The molecule has 0 radical (unpaired) electrons. The van der Waals surface area contributed by atoms with Crippen LogP contribution in [0.3, 0.4) is 0 Å². The monoisotopic (exact) mass is 564 g/mol. The van der Waals surface area contributed by atoms with Gasteiger partial charge in [0.25, 0.3) is 0 Å². The highest BCUT2D eigenvalue weighted by atomic mass is 32.1. The minimum absolute atomic E-state index is 0.924. The van der Waals surface area contributed by atoms with Crippen LogP contribution in [0.4, 0.5) is 0 Å². The third kappa shape index (κ3) is 3.93. The highest BCUT2D eigenvalue weighted by molar-refractivity contribution is 7.26. The van der Waals surface area contributed by atoms with Crippen LogP contribution >= 0.6 is 11.3 Å². The molecule has 0 unspecified atom stereocenters. The average Bonchev–Trinajstić information content (AvgIpc) is 3.46. The molecule has 0 amide bonds. The number of hydrogen-bond donors (Lipinski definition) is 0. The van der Waals surface area contributed by atoms with E-state index in [0.717, 1.165) is 44.3 Å². The molecule has 9 rings (SSSR count). The lowest BCUT2D eigenvalue weighted by molar-refractivity contribution is 1.37. The Bertz CT molecular complexity index is 2520. The molecule has 9 aromatic rings. The van der Waals surface area contributed by atoms with Gasteiger partial charge < -0.3 is 0 Å². The van der Waals surface area contributed by atoms with Crippen molar-refractivity contribution in [3.63, 3.8) is 0 Å². The maximum Gasteiger partial charge on any atom is 0.0972 e. The van der Waals surface area contributed by atoms with E-state index in [9.17, 15) is 0 Å². The van der Waals surface area contributed by atoms with Crippen molar-refractivity contribution >= 4 is 64.1 Å². The molecule has 0 fully saturated rings. The van der Waals surface area contributed by atoms with E-state index in [4.69, 9.17) is 9.97 Å². The predicted octanol–water partition coefficient (Wildman–Crippen LogP) is 11.3. The van der Waals surface area contributed by atoms with Gasteiger partial charge in [0.05, 0.1) is 22.4 Å². The van der Waals surface area contributed by atoms with Gasteiger partial charge >= 0.3 is 0 Å². The predicted molar refractivity (Wildman–Crippen MR) is 184 cm³/mol. The Morgan fingerprint density at radius 3 is 1.86 bits per heavy atom. The Kier molecular flexibility index (Phi) is 5.40. The summed E-state index contributed by atoms with van der Waals surface area (Å²) in [7, 11) is 0. The van der Waals surface area contributed by atoms with Crippen LogP contribution in [0.25, 0.3) is 86.4 Å². The van der Waals surface area contributed by atoms with E-state index >= 15 is 0 Å². The highest BCUT2D eigenvalue weighted by Gasteiger charge is 2.15. The summed E-state index contributed by atoms with van der Waals surface area (Å²) in [6.45, 7) is 0. The number of hydrogen-bond acceptors (Lipinski definition) is 3. The summed E-state index contributed by atoms with van der Waals surface area (Å²) < 4.78 is 2.62. The Morgan fingerprint density at radius 2 is 1.00 bits per heavy atom. The van der Waals surface area contributed by atoms with Crippen molar-refractivity contribution in [3.8, 4) is 33.6 Å². The van der Waals surface area contributed by atoms with Gasteiger partial charge in [-0.15, -0.1) is 11.3 Å². The Balaban J connectivity index is 1.23. The molecule has 3 heteroatoms. The SMILES string of the molecule is c1ccc(-c2cccc3c2sc2ccccc23)c(-c2ccc3ccc4ccc(-c5ccc6ccccc6c5)nc4c3n2)c1. The zero-order chi connectivity index (χ0) is 28.3. The maximum atomic E-state index is 5.31. The van der Waals surface area contributed by atoms with Crippen molar-refractivity contribution in [1.82, 2.24) is 9.97 Å². The fourth-order valence-corrected chi connectivity index (χ4v) is 7.56. The van der Waals surface area contributed by atoms with Crippen molar-refractivity contribution in [3.05, 3.63) is 146 Å². The quantitative estimate of drug-likeness (QED) is 0.199. The molecule has 0 spiro atoms. The standard InChI is InChI=1S/C40H24N2S/c1-2-9-28-24-29(19-16-25(28)8-1)35-22-20-26-17-18-27-21-23-36(42-39(27)38(26)41-35)31-11-4-3-10-30(31)33-13-7-14-34-32-12-5-6-15-37(32)43-40(33)34/h1-24H. The van der Waals surface area contributed by atoms with Crippen LogP contribution < -0.4 is 0 Å². The first kappa shape index (κ1) is 24.2. The van der Waals surface area contributed by atoms with E-state index in [1.807, 2.05) is 11.3 Å². The van der Waals surface area contributed by atoms with Crippen LogP contribution in [0.2, 0.25) is 0 Å². The van der Waals surface area contributed by atoms with E-state index in [0.29, 0.717) is 0 Å². The van der Waals surface area contributed by atoms with E-state index < -0.39 is 0 Å². The second kappa shape index (κ2) is 9.59. The number of pyridine rings is 2.